The molecule has 0 radical (unpaired) electrons. The Morgan fingerprint density at radius 1 is 1.35 bits per heavy atom. The Balaban J connectivity index is 2.28. The Hall–Kier alpha value is -1.50. The minimum absolute atomic E-state index is 0.128. The lowest BCUT2D eigenvalue weighted by Crippen LogP contribution is -2.33. The number of nitrogens with zero attached hydrogens (tertiary/aromatic N) is 2. The number of benzene rings is 1. The zero-order valence-corrected chi connectivity index (χ0v) is 14.7. The van der Waals surface area contributed by atoms with Crippen molar-refractivity contribution in [2.45, 2.75) is 17.5 Å². The van der Waals surface area contributed by atoms with Crippen molar-refractivity contribution >= 4 is 46.7 Å². The van der Waals surface area contributed by atoms with Gasteiger partial charge in [0.05, 0.1) is 15.6 Å². The predicted octanol–water partition coefficient (Wildman–Crippen LogP) is 3.28. The van der Waals surface area contributed by atoms with Crippen LogP contribution in [-0.2, 0) is 11.8 Å². The molecule has 1 aliphatic rings. The third-order valence-corrected chi connectivity index (χ3v) is 5.40. The van der Waals surface area contributed by atoms with Crippen molar-refractivity contribution in [1.82, 2.24) is 9.55 Å². The maximum Gasteiger partial charge on any atom is 0.279 e. The van der Waals surface area contributed by atoms with Gasteiger partial charge >= 0.3 is 0 Å². The Labute approximate surface area is 147 Å². The molecular formula is C15H13Cl2N3O2S. The molecule has 1 atom stereocenters. The first-order valence-electron chi connectivity index (χ1n) is 6.82. The van der Waals surface area contributed by atoms with E-state index in [1.807, 2.05) is 6.26 Å². The number of carbonyl (C=O) groups excluding carboxylic acids is 1. The summed E-state index contributed by atoms with van der Waals surface area (Å²) >= 11 is 13.7. The number of aromatic nitrogens is 2. The number of carbonyl (C=O) groups is 1. The quantitative estimate of drug-likeness (QED) is 0.651. The number of fused-ring (bicyclic) bond motifs is 1. The summed E-state index contributed by atoms with van der Waals surface area (Å²) in [5, 5.41) is 4.05. The molecule has 1 aromatic carbocycles. The summed E-state index contributed by atoms with van der Waals surface area (Å²) in [5.41, 5.74) is 0.739. The van der Waals surface area contributed by atoms with Crippen molar-refractivity contribution in [3.8, 4) is 0 Å². The minimum atomic E-state index is -0.466. The van der Waals surface area contributed by atoms with Gasteiger partial charge in [0, 0.05) is 19.4 Å². The van der Waals surface area contributed by atoms with Crippen molar-refractivity contribution in [2.75, 3.05) is 11.6 Å². The molecule has 1 aromatic heterocycles. The fourth-order valence-electron chi connectivity index (χ4n) is 2.77. The first-order chi connectivity index (χ1) is 10.9. The number of nitrogens with one attached hydrogen (secondary N) is 1. The molecule has 0 bridgehead atoms. The maximum absolute atomic E-state index is 12.5. The first-order valence-corrected chi connectivity index (χ1v) is 8.80. The Morgan fingerprint density at radius 2 is 2.09 bits per heavy atom. The molecule has 5 nitrogen and oxygen atoms in total. The number of halogens is 2. The van der Waals surface area contributed by atoms with Gasteiger partial charge in [0.2, 0.25) is 5.91 Å². The molecule has 1 aliphatic heterocycles. The zero-order chi connectivity index (χ0) is 16.7. The van der Waals surface area contributed by atoms with E-state index in [2.05, 4.69) is 10.3 Å². The SMILES string of the molecule is CSc1nc(=O)c2c(n1C)NC(=O)CC2c1cccc(Cl)c1Cl. The summed E-state index contributed by atoms with van der Waals surface area (Å²) < 4.78 is 1.71. The molecule has 1 N–H and O–H groups in total. The van der Waals surface area contributed by atoms with Gasteiger partial charge in [-0.3, -0.25) is 9.59 Å². The van der Waals surface area contributed by atoms with Crippen LogP contribution in [0.15, 0.2) is 28.2 Å². The van der Waals surface area contributed by atoms with Crippen molar-refractivity contribution in [3.63, 3.8) is 0 Å². The molecule has 0 saturated carbocycles. The Morgan fingerprint density at radius 3 is 2.78 bits per heavy atom. The summed E-state index contributed by atoms with van der Waals surface area (Å²) in [6, 6.07) is 5.21. The maximum atomic E-state index is 12.5. The number of hydrogen-bond donors (Lipinski definition) is 1. The molecule has 0 spiro atoms. The molecule has 3 rings (SSSR count). The van der Waals surface area contributed by atoms with Gasteiger partial charge in [0.15, 0.2) is 5.16 Å². The summed E-state index contributed by atoms with van der Waals surface area (Å²) in [5.74, 6) is -0.175. The van der Waals surface area contributed by atoms with Crippen LogP contribution in [0.1, 0.15) is 23.5 Å². The summed E-state index contributed by atoms with van der Waals surface area (Å²) in [6.07, 6.45) is 1.95. The molecule has 2 heterocycles. The van der Waals surface area contributed by atoms with E-state index in [-0.39, 0.29) is 17.9 Å². The van der Waals surface area contributed by atoms with E-state index in [9.17, 15) is 9.59 Å². The monoisotopic (exact) mass is 369 g/mol. The lowest BCUT2D eigenvalue weighted by molar-refractivity contribution is -0.116. The van der Waals surface area contributed by atoms with Crippen molar-refractivity contribution in [1.29, 1.82) is 0 Å². The molecule has 0 fully saturated rings. The van der Waals surface area contributed by atoms with Crippen molar-refractivity contribution < 1.29 is 4.79 Å². The third kappa shape index (κ3) is 2.75. The van der Waals surface area contributed by atoms with Gasteiger partial charge in [-0.05, 0) is 17.9 Å². The summed E-state index contributed by atoms with van der Waals surface area (Å²) in [6.45, 7) is 0. The first kappa shape index (κ1) is 16.4. The molecule has 23 heavy (non-hydrogen) atoms. The minimum Gasteiger partial charge on any atom is -0.312 e. The Kier molecular flexibility index (Phi) is 4.40. The van der Waals surface area contributed by atoms with Gasteiger partial charge in [-0.15, -0.1) is 0 Å². The van der Waals surface area contributed by atoms with E-state index in [1.165, 1.54) is 11.8 Å². The molecule has 0 saturated heterocycles. The fraction of sp³-hybridized carbons (Fsp3) is 0.267. The molecule has 0 aliphatic carbocycles. The van der Waals surface area contributed by atoms with Crippen LogP contribution >= 0.6 is 35.0 Å². The topological polar surface area (TPSA) is 64.0 Å². The van der Waals surface area contributed by atoms with E-state index in [0.717, 1.165) is 0 Å². The number of rotatable bonds is 2. The van der Waals surface area contributed by atoms with Crippen LogP contribution in [0.2, 0.25) is 10.0 Å². The van der Waals surface area contributed by atoms with Crippen LogP contribution in [0.3, 0.4) is 0 Å². The predicted molar refractivity (Wildman–Crippen MR) is 92.8 cm³/mol. The lowest BCUT2D eigenvalue weighted by Gasteiger charge is -2.28. The zero-order valence-electron chi connectivity index (χ0n) is 12.4. The second kappa shape index (κ2) is 6.19. The molecule has 1 unspecified atom stereocenters. The van der Waals surface area contributed by atoms with E-state index >= 15 is 0 Å². The second-order valence-corrected chi connectivity index (χ2v) is 6.73. The standard InChI is InChI=1S/C15H13Cl2N3O2S/c1-20-13-11(14(22)19-15(20)23-2)8(6-10(21)18-13)7-4-3-5-9(16)12(7)17/h3-5,8H,6H2,1-2H3,(H,18,21). The highest BCUT2D eigenvalue weighted by atomic mass is 35.5. The number of hydrogen-bond acceptors (Lipinski definition) is 4. The highest BCUT2D eigenvalue weighted by Gasteiger charge is 2.33. The van der Waals surface area contributed by atoms with E-state index in [4.69, 9.17) is 23.2 Å². The van der Waals surface area contributed by atoms with Gasteiger partial charge in [-0.2, -0.15) is 4.98 Å². The van der Waals surface area contributed by atoms with Gasteiger partial charge in [0.1, 0.15) is 5.82 Å². The fourth-order valence-corrected chi connectivity index (χ4v) is 3.75. The molecule has 2 aromatic rings. The average molecular weight is 370 g/mol. The molecule has 120 valence electrons. The van der Waals surface area contributed by atoms with Crippen molar-refractivity contribution in [2.24, 2.45) is 7.05 Å². The van der Waals surface area contributed by atoms with E-state index in [0.29, 0.717) is 32.1 Å². The van der Waals surface area contributed by atoms with E-state index < -0.39 is 5.92 Å². The van der Waals surface area contributed by atoms with E-state index in [1.54, 1.807) is 29.8 Å². The number of amides is 1. The van der Waals surface area contributed by atoms with Crippen LogP contribution in [-0.4, -0.2) is 21.7 Å². The van der Waals surface area contributed by atoms with Gasteiger partial charge in [-0.25, -0.2) is 0 Å². The highest BCUT2D eigenvalue weighted by molar-refractivity contribution is 7.98. The highest BCUT2D eigenvalue weighted by Crippen LogP contribution is 2.40. The lowest BCUT2D eigenvalue weighted by atomic mass is 9.86. The van der Waals surface area contributed by atoms with Crippen LogP contribution < -0.4 is 10.9 Å². The van der Waals surface area contributed by atoms with Crippen LogP contribution in [0, 0.1) is 0 Å². The van der Waals surface area contributed by atoms with Gasteiger partial charge < -0.3 is 9.88 Å². The summed E-state index contributed by atoms with van der Waals surface area (Å²) in [4.78, 5) is 28.8. The van der Waals surface area contributed by atoms with Crippen LogP contribution in [0.4, 0.5) is 5.82 Å². The third-order valence-electron chi connectivity index (χ3n) is 3.84. The molecule has 1 amide bonds. The Bertz CT molecular complexity index is 867. The van der Waals surface area contributed by atoms with Gasteiger partial charge in [-0.1, -0.05) is 47.1 Å². The second-order valence-electron chi connectivity index (χ2n) is 5.17. The summed E-state index contributed by atoms with van der Waals surface area (Å²) in [7, 11) is 1.76. The largest absolute Gasteiger partial charge is 0.312 e. The smallest absolute Gasteiger partial charge is 0.279 e. The number of thioether (sulfide) groups is 1. The normalized spacial score (nSPS) is 16.9. The molecular weight excluding hydrogens is 357 g/mol. The van der Waals surface area contributed by atoms with Crippen molar-refractivity contribution in [3.05, 3.63) is 49.7 Å². The molecule has 8 heteroatoms. The van der Waals surface area contributed by atoms with Crippen LogP contribution in [0.5, 0.6) is 0 Å². The van der Waals surface area contributed by atoms with Crippen LogP contribution in [0.25, 0.3) is 0 Å². The number of anilines is 1. The van der Waals surface area contributed by atoms with Gasteiger partial charge in [0.25, 0.3) is 5.56 Å². The average Bonchev–Trinajstić information content (AvgIpc) is 2.52.